The maximum absolute atomic E-state index is 10.2. The average molecular weight is 115 g/mol. The summed E-state index contributed by atoms with van der Waals surface area (Å²) < 4.78 is 0. The summed E-state index contributed by atoms with van der Waals surface area (Å²) in [6.45, 7) is 3.65. The molecule has 8 heavy (non-hydrogen) atoms. The second-order valence-corrected chi connectivity index (χ2v) is 1.67. The van der Waals surface area contributed by atoms with Crippen LogP contribution in [0.5, 0.6) is 0 Å². The highest BCUT2D eigenvalue weighted by atomic mass is 16.1. The zero-order valence-electron chi connectivity index (χ0n) is 5.19. The maximum atomic E-state index is 10.2. The summed E-state index contributed by atoms with van der Waals surface area (Å²) in [6, 6.07) is 0.803. The predicted molar refractivity (Wildman–Crippen MR) is 31.8 cm³/mol. The van der Waals surface area contributed by atoms with Gasteiger partial charge in [-0.05, 0) is 6.92 Å². The van der Waals surface area contributed by atoms with Crippen LogP contribution in [0.15, 0.2) is 0 Å². The molecule has 0 heterocycles. The number of amides is 1. The fourth-order valence-corrected chi connectivity index (χ4v) is 0.352. The van der Waals surface area contributed by atoms with Crippen LogP contribution in [-0.4, -0.2) is 12.5 Å². The number of nitrogens with one attached hydrogen (secondary N) is 1. The summed E-state index contributed by atoms with van der Waals surface area (Å²) in [6.07, 6.45) is 0. The number of carbonyl (C=O) groups is 1. The van der Waals surface area contributed by atoms with E-state index in [2.05, 4.69) is 5.32 Å². The van der Waals surface area contributed by atoms with E-state index in [9.17, 15) is 4.79 Å². The number of carbonyl (C=O) groups excluding carboxylic acids is 1. The molecule has 0 aliphatic carbocycles. The molecule has 3 N–H and O–H groups in total. The number of rotatable bonds is 2. The molecule has 3 nitrogen and oxygen atoms in total. The maximum Gasteiger partial charge on any atom is 0.217 e. The van der Waals surface area contributed by atoms with Crippen molar-refractivity contribution < 1.29 is 4.79 Å². The normalized spacial score (nSPS) is 9.50. The van der Waals surface area contributed by atoms with Gasteiger partial charge in [-0.15, -0.1) is 0 Å². The van der Waals surface area contributed by atoms with E-state index in [1.807, 2.05) is 0 Å². The Morgan fingerprint density at radius 2 is 2.12 bits per heavy atom. The lowest BCUT2D eigenvalue weighted by Crippen LogP contribution is -2.29. The highest BCUT2D eigenvalue weighted by Gasteiger charge is 1.98. The first kappa shape index (κ1) is 7.43. The van der Waals surface area contributed by atoms with E-state index in [0.29, 0.717) is 6.54 Å². The minimum Gasteiger partial charge on any atom is -0.348 e. The van der Waals surface area contributed by atoms with Crippen LogP contribution in [0.3, 0.4) is 0 Å². The highest BCUT2D eigenvalue weighted by Crippen LogP contribution is 1.84. The van der Waals surface area contributed by atoms with Crippen LogP contribution in [0.2, 0.25) is 0 Å². The third kappa shape index (κ3) is 3.61. The van der Waals surface area contributed by atoms with Crippen molar-refractivity contribution in [3.63, 3.8) is 0 Å². The predicted octanol–water partition coefficient (Wildman–Crippen LogP) is -0.367. The fourth-order valence-electron chi connectivity index (χ4n) is 0.352. The van der Waals surface area contributed by atoms with Gasteiger partial charge >= 0.3 is 0 Å². The smallest absolute Gasteiger partial charge is 0.217 e. The standard InChI is InChI=1S/C5H11N2O/c1-4(3-6)7-5(2)8/h3,6H2,1-2H3,(H,7,8). The molecule has 0 spiro atoms. The first-order valence-electron chi connectivity index (χ1n) is 2.47. The monoisotopic (exact) mass is 115 g/mol. The van der Waals surface area contributed by atoms with Crippen LogP contribution in [0.4, 0.5) is 0 Å². The fraction of sp³-hybridized carbons (Fsp3) is 0.600. The van der Waals surface area contributed by atoms with Gasteiger partial charge in [0, 0.05) is 13.5 Å². The molecular formula is C5H11N2O. The van der Waals surface area contributed by atoms with Crippen LogP contribution in [-0.2, 0) is 4.79 Å². The van der Waals surface area contributed by atoms with E-state index in [1.165, 1.54) is 6.92 Å². The molecule has 1 radical (unpaired) electrons. The van der Waals surface area contributed by atoms with E-state index >= 15 is 0 Å². The molecule has 0 aromatic heterocycles. The minimum atomic E-state index is -0.0621. The summed E-state index contributed by atoms with van der Waals surface area (Å²) in [5.74, 6) is -0.0621. The Balaban J connectivity index is 3.24. The van der Waals surface area contributed by atoms with Crippen LogP contribution in [0, 0.1) is 6.04 Å². The van der Waals surface area contributed by atoms with Gasteiger partial charge in [0.05, 0.1) is 6.04 Å². The Kier molecular flexibility index (Phi) is 3.19. The number of nitrogens with two attached hydrogens (primary N) is 1. The van der Waals surface area contributed by atoms with Gasteiger partial charge in [0.25, 0.3) is 0 Å². The van der Waals surface area contributed by atoms with Crippen molar-refractivity contribution in [1.82, 2.24) is 5.32 Å². The zero-order chi connectivity index (χ0) is 6.57. The van der Waals surface area contributed by atoms with Gasteiger partial charge in [-0.25, -0.2) is 0 Å². The van der Waals surface area contributed by atoms with E-state index < -0.39 is 0 Å². The van der Waals surface area contributed by atoms with E-state index in [-0.39, 0.29) is 5.91 Å². The van der Waals surface area contributed by atoms with Crippen molar-refractivity contribution in [2.24, 2.45) is 5.73 Å². The summed E-state index contributed by atoms with van der Waals surface area (Å²) in [4.78, 5) is 10.2. The van der Waals surface area contributed by atoms with Gasteiger partial charge in [0.2, 0.25) is 5.91 Å². The van der Waals surface area contributed by atoms with Gasteiger partial charge in [-0.1, -0.05) is 0 Å². The van der Waals surface area contributed by atoms with Gasteiger partial charge in [-0.3, -0.25) is 4.79 Å². The summed E-state index contributed by atoms with van der Waals surface area (Å²) >= 11 is 0. The second kappa shape index (κ2) is 3.43. The van der Waals surface area contributed by atoms with Gasteiger partial charge in [-0.2, -0.15) is 0 Å². The van der Waals surface area contributed by atoms with Gasteiger partial charge < -0.3 is 11.1 Å². The highest BCUT2D eigenvalue weighted by molar-refractivity contribution is 5.74. The first-order valence-corrected chi connectivity index (χ1v) is 2.47. The van der Waals surface area contributed by atoms with Crippen molar-refractivity contribution in [3.8, 4) is 0 Å². The van der Waals surface area contributed by atoms with Crippen molar-refractivity contribution in [2.75, 3.05) is 6.54 Å². The lowest BCUT2D eigenvalue weighted by Gasteiger charge is -2.05. The topological polar surface area (TPSA) is 55.1 Å². The molecule has 3 heteroatoms. The Labute approximate surface area is 49.3 Å². The van der Waals surface area contributed by atoms with Crippen LogP contribution in [0.1, 0.15) is 13.8 Å². The Morgan fingerprint density at radius 1 is 1.62 bits per heavy atom. The quantitative estimate of drug-likeness (QED) is 0.516. The molecule has 0 saturated heterocycles. The third-order valence-corrected chi connectivity index (χ3v) is 0.696. The van der Waals surface area contributed by atoms with Crippen LogP contribution >= 0.6 is 0 Å². The van der Waals surface area contributed by atoms with Crippen LogP contribution < -0.4 is 11.1 Å². The second-order valence-electron chi connectivity index (χ2n) is 1.67. The molecule has 0 saturated carbocycles. The third-order valence-electron chi connectivity index (χ3n) is 0.696. The molecule has 0 bridgehead atoms. The lowest BCUT2D eigenvalue weighted by molar-refractivity contribution is -0.118. The minimum absolute atomic E-state index is 0.0621. The van der Waals surface area contributed by atoms with Crippen molar-refractivity contribution >= 4 is 5.91 Å². The van der Waals surface area contributed by atoms with Crippen LogP contribution in [0.25, 0.3) is 0 Å². The number of hydrogen-bond acceptors (Lipinski definition) is 2. The summed E-state index contributed by atoms with van der Waals surface area (Å²) in [7, 11) is 0. The van der Waals surface area contributed by atoms with Crippen molar-refractivity contribution in [3.05, 3.63) is 6.04 Å². The molecule has 0 rings (SSSR count). The van der Waals surface area contributed by atoms with E-state index in [1.54, 1.807) is 6.92 Å². The molecule has 0 aliphatic rings. The average Bonchev–Trinajstić information content (AvgIpc) is 1.65. The number of hydrogen-bond donors (Lipinski definition) is 2. The molecule has 0 fully saturated rings. The summed E-state index contributed by atoms with van der Waals surface area (Å²) in [5.41, 5.74) is 5.17. The van der Waals surface area contributed by atoms with Gasteiger partial charge in [0.15, 0.2) is 0 Å². The van der Waals surface area contributed by atoms with Crippen molar-refractivity contribution in [2.45, 2.75) is 13.8 Å². The van der Waals surface area contributed by atoms with Crippen molar-refractivity contribution in [1.29, 1.82) is 0 Å². The molecule has 0 aromatic rings. The Hall–Kier alpha value is -0.570. The molecule has 1 amide bonds. The molecule has 0 unspecified atom stereocenters. The van der Waals surface area contributed by atoms with E-state index in [4.69, 9.17) is 5.73 Å². The Morgan fingerprint density at radius 3 is 2.25 bits per heavy atom. The molecule has 47 valence electrons. The molecule has 0 aliphatic heterocycles. The molecule has 0 atom stereocenters. The lowest BCUT2D eigenvalue weighted by atomic mass is 10.3. The Bertz CT molecular complexity index is 82.5. The SMILES string of the molecule is C[C](CN)NC(C)=O. The first-order chi connectivity index (χ1) is 3.66. The molecular weight excluding hydrogens is 104 g/mol. The summed E-state index contributed by atoms with van der Waals surface area (Å²) in [5, 5.41) is 2.55. The largest absolute Gasteiger partial charge is 0.348 e. The van der Waals surface area contributed by atoms with E-state index in [0.717, 1.165) is 6.04 Å². The molecule has 0 aromatic carbocycles. The zero-order valence-corrected chi connectivity index (χ0v) is 5.19. The van der Waals surface area contributed by atoms with Gasteiger partial charge in [0.1, 0.15) is 0 Å².